The van der Waals surface area contributed by atoms with Gasteiger partial charge in [0.15, 0.2) is 5.43 Å². The lowest BCUT2D eigenvalue weighted by Crippen LogP contribution is -2.17. The maximum absolute atomic E-state index is 13.6. The molecule has 0 saturated carbocycles. The quantitative estimate of drug-likeness (QED) is 0.662. The van der Waals surface area contributed by atoms with Crippen LogP contribution in [0.1, 0.15) is 25.3 Å². The van der Waals surface area contributed by atoms with E-state index >= 15 is 0 Å². The third kappa shape index (κ3) is 3.11. The zero-order valence-corrected chi connectivity index (χ0v) is 16.6. The minimum atomic E-state index is 0.0157. The van der Waals surface area contributed by atoms with Gasteiger partial charge in [0.05, 0.1) is 31.2 Å². The highest BCUT2D eigenvalue weighted by atomic mass is 16.5. The van der Waals surface area contributed by atoms with Gasteiger partial charge in [0.1, 0.15) is 17.2 Å². The van der Waals surface area contributed by atoms with Crippen molar-refractivity contribution in [2.75, 3.05) is 20.3 Å². The summed E-state index contributed by atoms with van der Waals surface area (Å²) in [7, 11) is 3.60. The van der Waals surface area contributed by atoms with Crippen LogP contribution in [0.15, 0.2) is 41.3 Å². The van der Waals surface area contributed by atoms with E-state index in [0.717, 1.165) is 47.4 Å². The van der Waals surface area contributed by atoms with Crippen LogP contribution in [0, 0.1) is 0 Å². The molecular formula is C23H25NO4. The molecule has 5 heteroatoms. The number of methoxy groups -OCH3 is 1. The van der Waals surface area contributed by atoms with Gasteiger partial charge >= 0.3 is 0 Å². The second-order valence-electron chi connectivity index (χ2n) is 7.09. The number of rotatable bonds is 5. The summed E-state index contributed by atoms with van der Waals surface area (Å²) in [4.78, 5) is 13.6. The molecular weight excluding hydrogens is 354 g/mol. The van der Waals surface area contributed by atoms with Crippen molar-refractivity contribution < 1.29 is 14.2 Å². The molecule has 1 aromatic heterocycles. The highest BCUT2D eigenvalue weighted by Crippen LogP contribution is 2.38. The van der Waals surface area contributed by atoms with E-state index in [1.807, 2.05) is 48.1 Å². The normalized spacial score (nSPS) is 13.1. The van der Waals surface area contributed by atoms with Crippen molar-refractivity contribution in [3.8, 4) is 28.4 Å². The van der Waals surface area contributed by atoms with Crippen molar-refractivity contribution >= 4 is 10.9 Å². The average Bonchev–Trinajstić information content (AvgIpc) is 2.74. The summed E-state index contributed by atoms with van der Waals surface area (Å²) < 4.78 is 19.1. The van der Waals surface area contributed by atoms with Crippen molar-refractivity contribution in [3.63, 3.8) is 0 Å². The zero-order chi connectivity index (χ0) is 19.7. The van der Waals surface area contributed by atoms with E-state index in [0.29, 0.717) is 29.9 Å². The van der Waals surface area contributed by atoms with E-state index in [1.165, 1.54) is 0 Å². The van der Waals surface area contributed by atoms with E-state index in [1.54, 1.807) is 7.11 Å². The number of benzene rings is 2. The van der Waals surface area contributed by atoms with Crippen LogP contribution in [0.3, 0.4) is 0 Å². The molecule has 2 aromatic carbocycles. The fourth-order valence-corrected chi connectivity index (χ4v) is 3.82. The molecule has 0 N–H and O–H groups in total. The molecule has 2 heterocycles. The van der Waals surface area contributed by atoms with Crippen molar-refractivity contribution in [1.82, 2.24) is 4.57 Å². The van der Waals surface area contributed by atoms with Crippen LogP contribution in [-0.4, -0.2) is 24.9 Å². The van der Waals surface area contributed by atoms with Crippen LogP contribution in [-0.2, 0) is 13.5 Å². The third-order valence-corrected chi connectivity index (χ3v) is 5.17. The number of pyridine rings is 1. The van der Waals surface area contributed by atoms with Crippen molar-refractivity contribution in [2.24, 2.45) is 7.05 Å². The van der Waals surface area contributed by atoms with Gasteiger partial charge in [-0.15, -0.1) is 0 Å². The Hall–Kier alpha value is -2.95. The zero-order valence-electron chi connectivity index (χ0n) is 16.6. The molecule has 0 atom stereocenters. The van der Waals surface area contributed by atoms with Crippen LogP contribution in [0.5, 0.6) is 17.2 Å². The Morgan fingerprint density at radius 1 is 1.21 bits per heavy atom. The Kier molecular flexibility index (Phi) is 4.99. The summed E-state index contributed by atoms with van der Waals surface area (Å²) >= 11 is 0. The number of hydrogen-bond acceptors (Lipinski definition) is 4. The van der Waals surface area contributed by atoms with Crippen molar-refractivity contribution in [3.05, 3.63) is 52.3 Å². The van der Waals surface area contributed by atoms with E-state index in [4.69, 9.17) is 14.2 Å². The van der Waals surface area contributed by atoms with Gasteiger partial charge in [-0.1, -0.05) is 19.1 Å². The number of aryl methyl sites for hydroxylation is 2. The number of hydrogen-bond donors (Lipinski definition) is 0. The molecule has 3 aromatic rings. The molecule has 5 nitrogen and oxygen atoms in total. The lowest BCUT2D eigenvalue weighted by molar-refractivity contribution is 0.282. The SMILES string of the molecule is CCCOc1cc2c(c3c(=O)c(-c4ccc(OC)cc4)cn(C)c13)CCCO2. The predicted octanol–water partition coefficient (Wildman–Crippen LogP) is 4.33. The average molecular weight is 379 g/mol. The molecule has 0 bridgehead atoms. The first-order valence-corrected chi connectivity index (χ1v) is 9.73. The van der Waals surface area contributed by atoms with Gasteiger partial charge in [-0.3, -0.25) is 4.79 Å². The first kappa shape index (κ1) is 18.4. The molecule has 0 aliphatic carbocycles. The molecule has 1 aliphatic rings. The molecule has 0 radical (unpaired) electrons. The Labute approximate surface area is 164 Å². The van der Waals surface area contributed by atoms with Gasteiger partial charge in [-0.05, 0) is 37.0 Å². The summed E-state index contributed by atoms with van der Waals surface area (Å²) in [6.07, 6.45) is 4.53. The lowest BCUT2D eigenvalue weighted by atomic mass is 9.96. The first-order chi connectivity index (χ1) is 13.6. The third-order valence-electron chi connectivity index (χ3n) is 5.17. The van der Waals surface area contributed by atoms with E-state index in [-0.39, 0.29) is 5.43 Å². The fraction of sp³-hybridized carbons (Fsp3) is 0.348. The Morgan fingerprint density at radius 2 is 2.00 bits per heavy atom. The number of ether oxygens (including phenoxy) is 3. The number of fused-ring (bicyclic) bond motifs is 3. The van der Waals surface area contributed by atoms with Crippen LogP contribution in [0.2, 0.25) is 0 Å². The molecule has 1 aliphatic heterocycles. The first-order valence-electron chi connectivity index (χ1n) is 9.73. The standard InChI is InChI=1S/C23H25NO4/c1-4-11-27-20-13-19-17(6-5-12-28-19)21-22(20)24(2)14-18(23(21)25)15-7-9-16(26-3)10-8-15/h7-10,13-14H,4-6,11-12H2,1-3H3. The summed E-state index contributed by atoms with van der Waals surface area (Å²) in [5.41, 5.74) is 3.37. The molecule has 28 heavy (non-hydrogen) atoms. The molecule has 0 amide bonds. The molecule has 0 fully saturated rings. The van der Waals surface area contributed by atoms with Crippen LogP contribution < -0.4 is 19.6 Å². The maximum atomic E-state index is 13.6. The van der Waals surface area contributed by atoms with Crippen LogP contribution >= 0.6 is 0 Å². The highest BCUT2D eigenvalue weighted by molar-refractivity contribution is 5.93. The van der Waals surface area contributed by atoms with Gasteiger partial charge in [0.2, 0.25) is 0 Å². The maximum Gasteiger partial charge on any atom is 0.197 e. The monoisotopic (exact) mass is 379 g/mol. The van der Waals surface area contributed by atoms with E-state index in [9.17, 15) is 4.79 Å². The van der Waals surface area contributed by atoms with Gasteiger partial charge in [0, 0.05) is 30.4 Å². The Bertz CT molecular complexity index is 1070. The van der Waals surface area contributed by atoms with Crippen LogP contribution in [0.25, 0.3) is 22.0 Å². The fourth-order valence-electron chi connectivity index (χ4n) is 3.82. The molecule has 146 valence electrons. The van der Waals surface area contributed by atoms with Crippen LogP contribution in [0.4, 0.5) is 0 Å². The van der Waals surface area contributed by atoms with Gasteiger partial charge < -0.3 is 18.8 Å². The topological polar surface area (TPSA) is 49.7 Å². The Balaban J connectivity index is 2.00. The summed E-state index contributed by atoms with van der Waals surface area (Å²) in [5.74, 6) is 2.25. The summed E-state index contributed by atoms with van der Waals surface area (Å²) in [6, 6.07) is 9.53. The minimum Gasteiger partial charge on any atom is -0.497 e. The molecule has 0 spiro atoms. The van der Waals surface area contributed by atoms with Gasteiger partial charge in [0.25, 0.3) is 0 Å². The summed E-state index contributed by atoms with van der Waals surface area (Å²) in [5, 5.41) is 0.708. The molecule has 0 unspecified atom stereocenters. The summed E-state index contributed by atoms with van der Waals surface area (Å²) in [6.45, 7) is 3.34. The highest BCUT2D eigenvalue weighted by Gasteiger charge is 2.23. The molecule has 0 saturated heterocycles. The van der Waals surface area contributed by atoms with Crippen molar-refractivity contribution in [2.45, 2.75) is 26.2 Å². The van der Waals surface area contributed by atoms with Crippen molar-refractivity contribution in [1.29, 1.82) is 0 Å². The Morgan fingerprint density at radius 3 is 2.71 bits per heavy atom. The number of nitrogens with zero attached hydrogens (tertiary/aromatic N) is 1. The van der Waals surface area contributed by atoms with E-state index < -0.39 is 0 Å². The smallest absolute Gasteiger partial charge is 0.197 e. The van der Waals surface area contributed by atoms with Gasteiger partial charge in [-0.2, -0.15) is 0 Å². The van der Waals surface area contributed by atoms with E-state index in [2.05, 4.69) is 6.92 Å². The van der Waals surface area contributed by atoms with Gasteiger partial charge in [-0.25, -0.2) is 0 Å². The number of aromatic nitrogens is 1. The lowest BCUT2D eigenvalue weighted by Gasteiger charge is -2.23. The second-order valence-corrected chi connectivity index (χ2v) is 7.09. The minimum absolute atomic E-state index is 0.0157. The largest absolute Gasteiger partial charge is 0.497 e. The predicted molar refractivity (Wildman–Crippen MR) is 111 cm³/mol. The second kappa shape index (κ2) is 7.58. The molecule has 4 rings (SSSR count).